The molecule has 1 aliphatic heterocycles. The lowest BCUT2D eigenvalue weighted by atomic mass is 10.1. The van der Waals surface area contributed by atoms with Crippen molar-refractivity contribution < 1.29 is 14.6 Å². The highest BCUT2D eigenvalue weighted by Gasteiger charge is 2.14. The molecule has 0 aromatic carbocycles. The van der Waals surface area contributed by atoms with Crippen LogP contribution in [0.1, 0.15) is 26.7 Å². The van der Waals surface area contributed by atoms with Crippen LogP contribution in [0.3, 0.4) is 0 Å². The van der Waals surface area contributed by atoms with Gasteiger partial charge in [0.2, 0.25) is 0 Å². The highest BCUT2D eigenvalue weighted by Crippen LogP contribution is 2.20. The van der Waals surface area contributed by atoms with Gasteiger partial charge in [0.1, 0.15) is 5.82 Å². The van der Waals surface area contributed by atoms with Gasteiger partial charge in [0.05, 0.1) is 31.5 Å². The van der Waals surface area contributed by atoms with Crippen molar-refractivity contribution in [2.24, 2.45) is 5.92 Å². The molecule has 0 atom stereocenters. The number of hydrogen-bond acceptors (Lipinski definition) is 5. The van der Waals surface area contributed by atoms with E-state index in [9.17, 15) is 4.79 Å². The van der Waals surface area contributed by atoms with Gasteiger partial charge >= 0.3 is 5.97 Å². The summed E-state index contributed by atoms with van der Waals surface area (Å²) in [5.74, 6) is 0.777. The molecule has 6 nitrogen and oxygen atoms in total. The van der Waals surface area contributed by atoms with Crippen molar-refractivity contribution in [2.75, 3.05) is 49.2 Å². The first-order chi connectivity index (χ1) is 11.1. The minimum absolute atomic E-state index is 0.142. The number of carboxylic acid groups (broad SMARTS) is 1. The molecule has 6 heteroatoms. The third kappa shape index (κ3) is 5.71. The number of carboxylic acids is 1. The molecule has 1 aromatic heterocycles. The van der Waals surface area contributed by atoms with Gasteiger partial charge in [0.15, 0.2) is 0 Å². The number of aliphatic carboxylic acids is 1. The topological polar surface area (TPSA) is 65.9 Å². The molecule has 1 saturated heterocycles. The minimum Gasteiger partial charge on any atom is -0.481 e. The number of ether oxygens (including phenoxy) is 1. The predicted octanol–water partition coefficient (Wildman–Crippen LogP) is 2.25. The second kappa shape index (κ2) is 8.72. The number of morpholine rings is 1. The summed E-state index contributed by atoms with van der Waals surface area (Å²) in [6.45, 7) is 8.92. The summed E-state index contributed by atoms with van der Waals surface area (Å²) >= 11 is 0. The number of pyridine rings is 1. The molecule has 0 aliphatic carbocycles. The maximum atomic E-state index is 10.9. The van der Waals surface area contributed by atoms with E-state index in [1.165, 1.54) is 0 Å². The first-order valence-corrected chi connectivity index (χ1v) is 8.31. The van der Waals surface area contributed by atoms with E-state index in [0.717, 1.165) is 50.8 Å². The molecule has 0 radical (unpaired) electrons. The smallest absolute Gasteiger partial charge is 0.305 e. The van der Waals surface area contributed by atoms with Gasteiger partial charge in [0.25, 0.3) is 0 Å². The lowest BCUT2D eigenvalue weighted by molar-refractivity contribution is -0.136. The Morgan fingerprint density at radius 2 is 2.09 bits per heavy atom. The van der Waals surface area contributed by atoms with Crippen molar-refractivity contribution in [1.29, 1.82) is 0 Å². The van der Waals surface area contributed by atoms with E-state index in [2.05, 4.69) is 28.6 Å². The third-order valence-electron chi connectivity index (χ3n) is 4.00. The zero-order valence-electron chi connectivity index (χ0n) is 14.1. The Morgan fingerprint density at radius 1 is 1.35 bits per heavy atom. The number of anilines is 2. The van der Waals surface area contributed by atoms with Gasteiger partial charge in [-0.25, -0.2) is 4.98 Å². The number of aromatic nitrogens is 1. The second-order valence-electron chi connectivity index (χ2n) is 6.29. The molecule has 2 rings (SSSR count). The normalized spacial score (nSPS) is 15.0. The molecule has 2 heterocycles. The van der Waals surface area contributed by atoms with E-state index in [1.807, 2.05) is 18.3 Å². The van der Waals surface area contributed by atoms with Gasteiger partial charge in [0, 0.05) is 26.2 Å². The van der Waals surface area contributed by atoms with Gasteiger partial charge in [-0.1, -0.05) is 13.8 Å². The highest BCUT2D eigenvalue weighted by molar-refractivity contribution is 5.67. The van der Waals surface area contributed by atoms with Crippen LogP contribution < -0.4 is 9.80 Å². The summed E-state index contributed by atoms with van der Waals surface area (Å²) in [5, 5.41) is 8.94. The Kier molecular flexibility index (Phi) is 6.65. The lowest BCUT2D eigenvalue weighted by Crippen LogP contribution is -2.36. The Morgan fingerprint density at radius 3 is 2.65 bits per heavy atom. The SMILES string of the molecule is CC(C)CCN(CCC(=O)O)c1ccc(N2CCOCC2)nc1. The first-order valence-electron chi connectivity index (χ1n) is 8.31. The summed E-state index contributed by atoms with van der Waals surface area (Å²) < 4.78 is 5.36. The Balaban J connectivity index is 2.02. The Labute approximate surface area is 138 Å². The zero-order valence-corrected chi connectivity index (χ0v) is 14.1. The third-order valence-corrected chi connectivity index (χ3v) is 4.00. The van der Waals surface area contributed by atoms with Crippen LogP contribution in [0.25, 0.3) is 0 Å². The van der Waals surface area contributed by atoms with Gasteiger partial charge in [-0.15, -0.1) is 0 Å². The predicted molar refractivity (Wildman–Crippen MR) is 91.2 cm³/mol. The number of nitrogens with zero attached hydrogens (tertiary/aromatic N) is 3. The molecule has 1 N–H and O–H groups in total. The zero-order chi connectivity index (χ0) is 16.7. The molecule has 0 unspecified atom stereocenters. The van der Waals surface area contributed by atoms with E-state index in [0.29, 0.717) is 12.5 Å². The summed E-state index contributed by atoms with van der Waals surface area (Å²) in [6, 6.07) is 4.06. The Hall–Kier alpha value is -1.82. The summed E-state index contributed by atoms with van der Waals surface area (Å²) in [6.07, 6.45) is 3.03. The fourth-order valence-electron chi connectivity index (χ4n) is 2.56. The molecule has 0 bridgehead atoms. The van der Waals surface area contributed by atoms with Gasteiger partial charge < -0.3 is 19.6 Å². The van der Waals surface area contributed by atoms with Gasteiger partial charge in [-0.05, 0) is 24.5 Å². The highest BCUT2D eigenvalue weighted by atomic mass is 16.5. The van der Waals surface area contributed by atoms with Crippen LogP contribution in [0.4, 0.5) is 11.5 Å². The monoisotopic (exact) mass is 321 g/mol. The van der Waals surface area contributed by atoms with Crippen LogP contribution >= 0.6 is 0 Å². The number of carbonyl (C=O) groups is 1. The van der Waals surface area contributed by atoms with Crippen LogP contribution in [-0.4, -0.2) is 55.5 Å². The molecule has 0 amide bonds. The Bertz CT molecular complexity index is 484. The van der Waals surface area contributed by atoms with E-state index < -0.39 is 5.97 Å². The molecule has 0 spiro atoms. The minimum atomic E-state index is -0.766. The van der Waals surface area contributed by atoms with E-state index in [4.69, 9.17) is 9.84 Å². The van der Waals surface area contributed by atoms with E-state index in [-0.39, 0.29) is 6.42 Å². The van der Waals surface area contributed by atoms with Crippen LogP contribution in [0.2, 0.25) is 0 Å². The molecule has 1 fully saturated rings. The van der Waals surface area contributed by atoms with Crippen molar-refractivity contribution in [3.63, 3.8) is 0 Å². The molecular weight excluding hydrogens is 294 g/mol. The second-order valence-corrected chi connectivity index (χ2v) is 6.29. The molecular formula is C17H27N3O3. The maximum Gasteiger partial charge on any atom is 0.305 e. The van der Waals surface area contributed by atoms with Crippen LogP contribution in [-0.2, 0) is 9.53 Å². The average molecular weight is 321 g/mol. The van der Waals surface area contributed by atoms with E-state index >= 15 is 0 Å². The fraction of sp³-hybridized carbons (Fsp3) is 0.647. The number of hydrogen-bond donors (Lipinski definition) is 1. The maximum absolute atomic E-state index is 10.9. The van der Waals surface area contributed by atoms with Crippen molar-refractivity contribution in [2.45, 2.75) is 26.7 Å². The van der Waals surface area contributed by atoms with Crippen molar-refractivity contribution in [3.8, 4) is 0 Å². The lowest BCUT2D eigenvalue weighted by Gasteiger charge is -2.29. The standard InChI is InChI=1S/C17H27N3O3/c1-14(2)5-7-19(8-6-17(21)22)15-3-4-16(18-13-15)20-9-11-23-12-10-20/h3-4,13-14H,5-12H2,1-2H3,(H,21,22). The van der Waals surface area contributed by atoms with Crippen LogP contribution in [0.5, 0.6) is 0 Å². The first kappa shape index (κ1) is 17.5. The summed E-state index contributed by atoms with van der Waals surface area (Å²) in [4.78, 5) is 19.8. The molecule has 23 heavy (non-hydrogen) atoms. The van der Waals surface area contributed by atoms with Crippen molar-refractivity contribution in [3.05, 3.63) is 18.3 Å². The molecule has 0 saturated carbocycles. The summed E-state index contributed by atoms with van der Waals surface area (Å²) in [5.41, 5.74) is 0.990. The largest absolute Gasteiger partial charge is 0.481 e. The van der Waals surface area contributed by atoms with Crippen molar-refractivity contribution in [1.82, 2.24) is 4.98 Å². The van der Waals surface area contributed by atoms with Crippen LogP contribution in [0.15, 0.2) is 18.3 Å². The fourth-order valence-corrected chi connectivity index (χ4v) is 2.56. The molecule has 1 aliphatic rings. The van der Waals surface area contributed by atoms with Gasteiger partial charge in [-0.3, -0.25) is 4.79 Å². The molecule has 128 valence electrons. The van der Waals surface area contributed by atoms with Crippen molar-refractivity contribution >= 4 is 17.5 Å². The van der Waals surface area contributed by atoms with Crippen LogP contribution in [0, 0.1) is 5.92 Å². The average Bonchev–Trinajstić information content (AvgIpc) is 2.55. The molecule has 1 aromatic rings. The van der Waals surface area contributed by atoms with Gasteiger partial charge in [-0.2, -0.15) is 0 Å². The van der Waals surface area contributed by atoms with E-state index in [1.54, 1.807) is 0 Å². The number of rotatable bonds is 8. The summed E-state index contributed by atoms with van der Waals surface area (Å²) in [7, 11) is 0. The quantitative estimate of drug-likeness (QED) is 0.792.